The molecule has 460 valence electrons. The number of nitrogens with zero attached hydrogens (tertiary/aromatic N) is 3. The highest BCUT2D eigenvalue weighted by atomic mass is 16.8. The Morgan fingerprint density at radius 1 is 0.444 bits per heavy atom. The molecule has 0 aliphatic carbocycles. The van der Waals surface area contributed by atoms with E-state index >= 15 is 0 Å². The zero-order valence-corrected chi connectivity index (χ0v) is 47.3. The Morgan fingerprint density at radius 2 is 0.789 bits per heavy atom. The van der Waals surface area contributed by atoms with Crippen LogP contribution in [-0.2, 0) is 47.4 Å². The Kier molecular flexibility index (Phi) is 22.2. The molecule has 2 aliphatic rings. The SMILES string of the molecule is CC(=O)OC1O[C@H](COC(=O)c2ccccc2)[C@@H](OC(=O)c2ccccc2)C1OC(=O)c1ccccc1.NC(=O)c1ncc[nH]c1=O.NC(=O)c1nccn([C@@H]2O[C@H](COC(=O)c3ccccc3)[C@@H](OC(=O)c3ccccc3)C2OC(=O)c2ccccc2)c1=O. The summed E-state index contributed by atoms with van der Waals surface area (Å²) in [5.41, 5.74) is 9.19. The number of nitrogens with two attached hydrogens (primary N) is 2. The van der Waals surface area contributed by atoms with E-state index in [4.69, 9.17) is 54.1 Å². The quantitative estimate of drug-likeness (QED) is 0.0751. The average Bonchev–Trinajstić information content (AvgIpc) is 1.74. The maximum Gasteiger partial charge on any atom is 0.338 e. The number of rotatable bonds is 18. The minimum absolute atomic E-state index is 0.174. The van der Waals surface area contributed by atoms with E-state index in [9.17, 15) is 52.7 Å². The monoisotopic (exact) mass is 1230 g/mol. The first-order valence-corrected chi connectivity index (χ1v) is 27.1. The number of hydrogen-bond donors (Lipinski definition) is 3. The molecule has 2 amide bonds. The normalized spacial score (nSPS) is 18.6. The van der Waals surface area contributed by atoms with Gasteiger partial charge in [-0.3, -0.25) is 28.5 Å². The van der Waals surface area contributed by atoms with Gasteiger partial charge in [0.1, 0.15) is 25.4 Å². The van der Waals surface area contributed by atoms with Gasteiger partial charge in [-0.2, -0.15) is 0 Å². The Hall–Kier alpha value is -11.8. The van der Waals surface area contributed by atoms with E-state index in [1.807, 2.05) is 0 Å². The van der Waals surface area contributed by atoms with Gasteiger partial charge >= 0.3 is 41.8 Å². The van der Waals surface area contributed by atoms with Crippen LogP contribution in [0.25, 0.3) is 0 Å². The van der Waals surface area contributed by atoms with Gasteiger partial charge in [-0.25, -0.2) is 38.7 Å². The third-order valence-corrected chi connectivity index (χ3v) is 12.9. The number of ether oxygens (including phenoxy) is 9. The van der Waals surface area contributed by atoms with Crippen LogP contribution < -0.4 is 22.6 Å². The molecule has 0 radical (unpaired) electrons. The standard InChI is InChI=1S/C31H25N3O9.C28H24O9.C5H5N3O2/c32-26(35)23-27(36)34(17-16-33-23)28-25(43-31(39)21-14-8-3-9-15-21)24(42-30(38)20-12-6-2-7-13-20)22(41-28)18-40-29(37)19-10-4-1-5-11-19;1-18(29)34-28-24(37-27(32)21-15-9-4-10-16-21)23(36-26(31)20-13-7-3-8-14-20)22(35-28)17-33-25(30)19-11-5-2-6-12-19;6-4(9)3-5(10)8-2-1-7-3/h1-17,22,24-25,28H,18H2,(H2,32,35);2-16,22-24,28H,17H2,1H3;1-2H,(H2,6,9)(H,8,10)/t22-,24-,25?,28-;22-,23-,24?,28?;/m11./s1. The van der Waals surface area contributed by atoms with Crippen molar-refractivity contribution in [2.45, 2.75) is 56.1 Å². The molecule has 0 spiro atoms. The molecule has 6 aromatic carbocycles. The third kappa shape index (κ3) is 17.0. The van der Waals surface area contributed by atoms with E-state index < -0.39 is 126 Å². The Bertz CT molecular complexity index is 3940. The van der Waals surface area contributed by atoms with Crippen molar-refractivity contribution >= 4 is 53.6 Å². The highest BCUT2D eigenvalue weighted by Crippen LogP contribution is 2.35. The number of hydrogen-bond acceptors (Lipinski definition) is 22. The van der Waals surface area contributed by atoms with Crippen molar-refractivity contribution in [3.05, 3.63) is 272 Å². The van der Waals surface area contributed by atoms with Crippen LogP contribution in [0.2, 0.25) is 0 Å². The van der Waals surface area contributed by atoms with Gasteiger partial charge in [0, 0.05) is 31.7 Å². The average molecular weight is 1230 g/mol. The van der Waals surface area contributed by atoms with E-state index in [0.717, 1.165) is 17.7 Å². The number of carbonyl (C=O) groups is 9. The second-order valence-corrected chi connectivity index (χ2v) is 19.1. The molecule has 2 saturated heterocycles. The zero-order valence-electron chi connectivity index (χ0n) is 47.3. The van der Waals surface area contributed by atoms with Gasteiger partial charge in [0.15, 0.2) is 35.9 Å². The van der Waals surface area contributed by atoms with Crippen LogP contribution in [0.15, 0.2) is 216 Å². The molecule has 26 heteroatoms. The van der Waals surface area contributed by atoms with E-state index in [2.05, 4.69) is 15.0 Å². The number of aromatic amines is 1. The highest BCUT2D eigenvalue weighted by Gasteiger charge is 2.53. The lowest BCUT2D eigenvalue weighted by Gasteiger charge is -2.25. The number of carbonyl (C=O) groups excluding carboxylic acids is 9. The maximum absolute atomic E-state index is 13.2. The molecule has 2 aromatic heterocycles. The van der Waals surface area contributed by atoms with Crippen LogP contribution in [-0.4, -0.2) is 129 Å². The molecule has 0 bridgehead atoms. The second-order valence-electron chi connectivity index (χ2n) is 19.1. The molecule has 2 aliphatic heterocycles. The zero-order chi connectivity index (χ0) is 64.1. The molecule has 5 N–H and O–H groups in total. The van der Waals surface area contributed by atoms with Crippen LogP contribution in [0.1, 0.15) is 96.3 Å². The maximum atomic E-state index is 13.2. The first-order chi connectivity index (χ1) is 43.5. The van der Waals surface area contributed by atoms with Gasteiger partial charge in [-0.1, -0.05) is 109 Å². The first kappa shape index (κ1) is 64.2. The number of H-pyrrole nitrogens is 1. The number of amides is 2. The lowest BCUT2D eigenvalue weighted by molar-refractivity contribution is -0.188. The Labute approximate surface area is 510 Å². The van der Waals surface area contributed by atoms with Crippen molar-refractivity contribution in [1.29, 1.82) is 0 Å². The third-order valence-electron chi connectivity index (χ3n) is 12.9. The fraction of sp³-hybridized carbons (Fsp3) is 0.172. The molecule has 8 aromatic rings. The van der Waals surface area contributed by atoms with Crippen LogP contribution in [0.3, 0.4) is 0 Å². The summed E-state index contributed by atoms with van der Waals surface area (Å²) in [6.07, 6.45) is -5.57. The number of nitrogens with one attached hydrogen (secondary N) is 1. The second kappa shape index (κ2) is 31.0. The molecule has 26 nitrogen and oxygen atoms in total. The van der Waals surface area contributed by atoms with E-state index in [1.165, 1.54) is 42.9 Å². The number of benzene rings is 6. The highest BCUT2D eigenvalue weighted by molar-refractivity contribution is 5.93. The van der Waals surface area contributed by atoms with E-state index in [-0.39, 0.29) is 40.1 Å². The predicted octanol–water partition coefficient (Wildman–Crippen LogP) is 5.00. The smallest absolute Gasteiger partial charge is 0.338 e. The fourth-order valence-corrected chi connectivity index (χ4v) is 8.70. The van der Waals surface area contributed by atoms with Crippen molar-refractivity contribution in [3.8, 4) is 0 Å². The van der Waals surface area contributed by atoms with Gasteiger partial charge < -0.3 is 59.1 Å². The van der Waals surface area contributed by atoms with Gasteiger partial charge in [0.25, 0.3) is 22.9 Å². The van der Waals surface area contributed by atoms with Gasteiger partial charge in [-0.05, 0) is 72.8 Å². The van der Waals surface area contributed by atoms with Crippen LogP contribution in [0.4, 0.5) is 0 Å². The predicted molar refractivity (Wildman–Crippen MR) is 311 cm³/mol. The number of aromatic nitrogens is 4. The summed E-state index contributed by atoms with van der Waals surface area (Å²) >= 11 is 0. The molecule has 10 rings (SSSR count). The van der Waals surface area contributed by atoms with Crippen molar-refractivity contribution in [1.82, 2.24) is 19.5 Å². The van der Waals surface area contributed by atoms with Gasteiger partial charge in [-0.15, -0.1) is 0 Å². The van der Waals surface area contributed by atoms with Crippen molar-refractivity contribution in [3.63, 3.8) is 0 Å². The Balaban J connectivity index is 0.000000203. The van der Waals surface area contributed by atoms with Crippen LogP contribution >= 0.6 is 0 Å². The molecule has 4 heterocycles. The lowest BCUT2D eigenvalue weighted by Crippen LogP contribution is -2.43. The minimum Gasteiger partial charge on any atom is -0.459 e. The lowest BCUT2D eigenvalue weighted by atomic mass is 10.1. The van der Waals surface area contributed by atoms with Crippen LogP contribution in [0.5, 0.6) is 0 Å². The molecule has 0 saturated carbocycles. The minimum atomic E-state index is -1.44. The summed E-state index contributed by atoms with van der Waals surface area (Å²) in [6, 6.07) is 48.8. The molecule has 2 fully saturated rings. The van der Waals surface area contributed by atoms with Crippen molar-refractivity contribution < 1.29 is 85.8 Å². The largest absolute Gasteiger partial charge is 0.459 e. The number of esters is 7. The number of primary amides is 2. The molecular weight excluding hydrogens is 1170 g/mol. The summed E-state index contributed by atoms with van der Waals surface area (Å²) in [5.74, 6) is -6.99. The first-order valence-electron chi connectivity index (χ1n) is 27.1. The summed E-state index contributed by atoms with van der Waals surface area (Å²) < 4.78 is 51.9. The Morgan fingerprint density at radius 3 is 1.16 bits per heavy atom. The molecule has 90 heavy (non-hydrogen) atoms. The van der Waals surface area contributed by atoms with Gasteiger partial charge in [0.2, 0.25) is 12.4 Å². The summed E-state index contributed by atoms with van der Waals surface area (Å²) in [6.45, 7) is 0.351. The molecular formula is C64H54N6O20. The van der Waals surface area contributed by atoms with Crippen LogP contribution in [0, 0.1) is 0 Å². The van der Waals surface area contributed by atoms with E-state index in [1.54, 1.807) is 158 Å². The summed E-state index contributed by atoms with van der Waals surface area (Å²) in [7, 11) is 0. The summed E-state index contributed by atoms with van der Waals surface area (Å²) in [5, 5.41) is 0. The van der Waals surface area contributed by atoms with Crippen molar-refractivity contribution in [2.24, 2.45) is 11.5 Å². The molecule has 8 atom stereocenters. The van der Waals surface area contributed by atoms with Gasteiger partial charge in [0.05, 0.1) is 33.4 Å². The molecule has 3 unspecified atom stereocenters. The van der Waals surface area contributed by atoms with Crippen molar-refractivity contribution in [2.75, 3.05) is 13.2 Å². The topological polar surface area (TPSA) is 369 Å². The van der Waals surface area contributed by atoms with E-state index in [0.29, 0.717) is 5.56 Å². The summed E-state index contributed by atoms with van der Waals surface area (Å²) in [4.78, 5) is 145. The fourth-order valence-electron chi connectivity index (χ4n) is 8.70.